The minimum Gasteiger partial charge on any atom is -0.381 e. The summed E-state index contributed by atoms with van der Waals surface area (Å²) in [7, 11) is 0. The van der Waals surface area contributed by atoms with Crippen molar-refractivity contribution in [1.82, 2.24) is 0 Å². The van der Waals surface area contributed by atoms with Gasteiger partial charge in [-0.25, -0.2) is 0 Å². The molecule has 0 aromatic heterocycles. The molecule has 10 rings (SSSR count). The molecular formula is C72H68Br4Cl2O2. The first kappa shape index (κ1) is 58.8. The van der Waals surface area contributed by atoms with E-state index in [4.69, 9.17) is 23.2 Å². The van der Waals surface area contributed by atoms with Gasteiger partial charge in [0.1, 0.15) is 11.2 Å². The highest BCUT2D eigenvalue weighted by atomic mass is 79.9. The van der Waals surface area contributed by atoms with Crippen molar-refractivity contribution in [2.45, 2.75) is 127 Å². The largest absolute Gasteiger partial charge is 0.381 e. The Morgan fingerprint density at radius 1 is 0.487 bits per heavy atom. The standard InChI is InChI=1S/C72H68Br4Cl2O2/c1-42-43(2)45(4)68(76)65(44(42)3)57-41-72(80,40-56(53-20-12-16-24-62(53)75)67(57)48-27-31-49(32-28-48)69(5,6)7)59-35-26-46(36-64(59)78)37-70(8,9)50-33-29-47(30-34-50)66-54(51-18-10-14-22-60(51)73)38-71(79,58-21-13-17-25-63(58)77)39-55(66)52-19-11-15-23-61(52)74/h10-36,38,40,55,57,66-67,79-80H,37,39,41H2,1-9H3. The Morgan fingerprint density at radius 3 is 1.48 bits per heavy atom. The van der Waals surface area contributed by atoms with Crippen LogP contribution < -0.4 is 0 Å². The second-order valence-corrected chi connectivity index (χ2v) is 28.4. The highest BCUT2D eigenvalue weighted by molar-refractivity contribution is 9.11. The lowest BCUT2D eigenvalue weighted by Crippen LogP contribution is -2.34. The van der Waals surface area contributed by atoms with E-state index in [0.717, 1.165) is 56.9 Å². The van der Waals surface area contributed by atoms with Crippen molar-refractivity contribution >= 4 is 98.1 Å². The summed E-state index contributed by atoms with van der Waals surface area (Å²) in [5, 5.41) is 27.5. The summed E-state index contributed by atoms with van der Waals surface area (Å²) in [5.41, 5.74) is 15.7. The van der Waals surface area contributed by atoms with Crippen molar-refractivity contribution in [2.75, 3.05) is 0 Å². The summed E-state index contributed by atoms with van der Waals surface area (Å²) in [5.74, 6) is -0.470. The van der Waals surface area contributed by atoms with Crippen LogP contribution in [-0.4, -0.2) is 10.2 Å². The van der Waals surface area contributed by atoms with Crippen LogP contribution in [0.3, 0.4) is 0 Å². The van der Waals surface area contributed by atoms with Gasteiger partial charge in [-0.15, -0.1) is 0 Å². The van der Waals surface area contributed by atoms with Gasteiger partial charge in [0, 0.05) is 50.9 Å². The fraction of sp³-hybridized carbons (Fsp3) is 0.278. The van der Waals surface area contributed by atoms with Gasteiger partial charge >= 0.3 is 0 Å². The SMILES string of the molecule is Cc1c(C)c(C)c(C2CC(O)(c3ccc(CC(C)(C)c4ccc(C5C(c6ccccc6Br)=CC(O)(c6ccccc6Cl)CC5c5ccccc5Br)cc4)cc3Cl)C=C(c3ccccc3Br)C2c2ccc(C(C)(C)C)cc2)c(Br)c1C. The van der Waals surface area contributed by atoms with E-state index >= 15 is 0 Å². The minimum absolute atomic E-state index is 0.00216. The highest BCUT2D eigenvalue weighted by Gasteiger charge is 2.47. The van der Waals surface area contributed by atoms with E-state index in [0.29, 0.717) is 40.4 Å². The van der Waals surface area contributed by atoms with Gasteiger partial charge in [0.05, 0.1) is 0 Å². The highest BCUT2D eigenvalue weighted by Crippen LogP contribution is 2.59. The van der Waals surface area contributed by atoms with Crippen molar-refractivity contribution in [3.8, 4) is 0 Å². The zero-order valence-corrected chi connectivity index (χ0v) is 54.7. The Hall–Kier alpha value is -4.34. The van der Waals surface area contributed by atoms with Crippen LogP contribution in [0.5, 0.6) is 0 Å². The molecule has 0 bridgehead atoms. The third kappa shape index (κ3) is 11.3. The number of benzene rings is 8. The van der Waals surface area contributed by atoms with Crippen molar-refractivity contribution in [1.29, 1.82) is 0 Å². The first-order chi connectivity index (χ1) is 37.9. The summed E-state index contributed by atoms with van der Waals surface area (Å²) < 4.78 is 4.01. The molecule has 8 aromatic carbocycles. The van der Waals surface area contributed by atoms with Crippen LogP contribution in [0.2, 0.25) is 10.0 Å². The third-order valence-electron chi connectivity index (χ3n) is 17.7. The second kappa shape index (κ2) is 23.0. The molecular weight excluding hydrogens is 1290 g/mol. The lowest BCUT2D eigenvalue weighted by atomic mass is 9.63. The molecule has 8 aromatic rings. The quantitative estimate of drug-likeness (QED) is 0.135. The monoisotopic (exact) mass is 1350 g/mol. The Balaban J connectivity index is 1.03. The van der Waals surface area contributed by atoms with Crippen LogP contribution in [0.15, 0.2) is 194 Å². The lowest BCUT2D eigenvalue weighted by molar-refractivity contribution is 0.0640. The summed E-state index contributed by atoms with van der Waals surface area (Å²) in [4.78, 5) is 0. The molecule has 0 fully saturated rings. The van der Waals surface area contributed by atoms with Gasteiger partial charge in [-0.1, -0.05) is 255 Å². The topological polar surface area (TPSA) is 40.5 Å². The first-order valence-electron chi connectivity index (χ1n) is 27.6. The predicted molar refractivity (Wildman–Crippen MR) is 351 cm³/mol. The summed E-state index contributed by atoms with van der Waals surface area (Å²) in [6, 6.07) is 57.2. The van der Waals surface area contributed by atoms with E-state index in [-0.39, 0.29) is 34.5 Å². The van der Waals surface area contributed by atoms with Crippen molar-refractivity contribution < 1.29 is 10.2 Å². The van der Waals surface area contributed by atoms with Gasteiger partial charge in [-0.2, -0.15) is 0 Å². The molecule has 6 atom stereocenters. The Labute approximate surface area is 518 Å². The van der Waals surface area contributed by atoms with Crippen LogP contribution in [0.1, 0.15) is 155 Å². The molecule has 0 saturated heterocycles. The number of hydrogen-bond donors (Lipinski definition) is 2. The maximum absolute atomic E-state index is 13.6. The second-order valence-electron chi connectivity index (χ2n) is 24.2. The zero-order valence-electron chi connectivity index (χ0n) is 46.8. The number of hydrogen-bond acceptors (Lipinski definition) is 2. The van der Waals surface area contributed by atoms with Crippen LogP contribution in [-0.2, 0) is 28.5 Å². The van der Waals surface area contributed by atoms with E-state index in [1.165, 1.54) is 44.5 Å². The number of rotatable bonds is 11. The van der Waals surface area contributed by atoms with Crippen molar-refractivity contribution in [3.05, 3.63) is 287 Å². The molecule has 0 aliphatic heterocycles. The average Bonchev–Trinajstić information content (AvgIpc) is 3.53. The molecule has 6 unspecified atom stereocenters. The molecule has 80 heavy (non-hydrogen) atoms. The van der Waals surface area contributed by atoms with E-state index < -0.39 is 11.2 Å². The third-order valence-corrected chi connectivity index (χ3v) is 21.5. The maximum atomic E-state index is 13.6. The predicted octanol–water partition coefficient (Wildman–Crippen LogP) is 21.6. The molecule has 0 radical (unpaired) electrons. The molecule has 2 N–H and O–H groups in total. The van der Waals surface area contributed by atoms with Gasteiger partial charge < -0.3 is 10.2 Å². The van der Waals surface area contributed by atoms with E-state index in [1.807, 2.05) is 48.5 Å². The van der Waals surface area contributed by atoms with Gasteiger partial charge in [0.15, 0.2) is 0 Å². The van der Waals surface area contributed by atoms with Crippen LogP contribution >= 0.6 is 86.9 Å². The van der Waals surface area contributed by atoms with Gasteiger partial charge in [-0.3, -0.25) is 0 Å². The maximum Gasteiger partial charge on any atom is 0.110 e. The molecule has 0 saturated carbocycles. The Bertz CT molecular complexity index is 3690. The van der Waals surface area contributed by atoms with Gasteiger partial charge in [-0.05, 0) is 196 Å². The Morgan fingerprint density at radius 2 is 0.950 bits per heavy atom. The molecule has 0 amide bonds. The number of allylic oxidation sites excluding steroid dienone is 2. The molecule has 0 heterocycles. The number of halogens is 6. The normalized spacial score (nSPS) is 21.5. The van der Waals surface area contributed by atoms with Crippen molar-refractivity contribution in [3.63, 3.8) is 0 Å². The van der Waals surface area contributed by atoms with Gasteiger partial charge in [0.2, 0.25) is 0 Å². The van der Waals surface area contributed by atoms with E-state index in [9.17, 15) is 10.2 Å². The van der Waals surface area contributed by atoms with Gasteiger partial charge in [0.25, 0.3) is 0 Å². The molecule has 2 nitrogen and oxygen atoms in total. The summed E-state index contributed by atoms with van der Waals surface area (Å²) in [6.45, 7) is 20.2. The summed E-state index contributed by atoms with van der Waals surface area (Å²) >= 11 is 30.4. The Kier molecular flexibility index (Phi) is 16.9. The van der Waals surface area contributed by atoms with Crippen molar-refractivity contribution in [2.24, 2.45) is 0 Å². The zero-order chi connectivity index (χ0) is 57.2. The number of aliphatic hydroxyl groups is 2. The smallest absolute Gasteiger partial charge is 0.110 e. The summed E-state index contributed by atoms with van der Waals surface area (Å²) in [6.07, 6.45) is 5.71. The van der Waals surface area contributed by atoms with E-state index in [2.05, 4.69) is 253 Å². The molecule has 8 heteroatoms. The molecule has 0 spiro atoms. The van der Waals surface area contributed by atoms with E-state index in [1.54, 1.807) is 0 Å². The first-order valence-corrected chi connectivity index (χ1v) is 31.5. The lowest BCUT2D eigenvalue weighted by Gasteiger charge is -2.43. The fourth-order valence-electron chi connectivity index (χ4n) is 13.1. The van der Waals surface area contributed by atoms with Crippen LogP contribution in [0, 0.1) is 27.7 Å². The van der Waals surface area contributed by atoms with Crippen LogP contribution in [0.25, 0.3) is 11.1 Å². The van der Waals surface area contributed by atoms with Crippen LogP contribution in [0.4, 0.5) is 0 Å². The molecule has 2 aliphatic carbocycles. The minimum atomic E-state index is -1.42. The molecule has 2 aliphatic rings. The average molecular weight is 1360 g/mol. The molecule has 410 valence electrons. The fourth-order valence-corrected chi connectivity index (χ4v) is 16.2.